The van der Waals surface area contributed by atoms with Gasteiger partial charge in [-0.1, -0.05) is 6.08 Å². The molecule has 49 valence electrons. The zero-order chi connectivity index (χ0) is 7.45. The molecule has 1 aliphatic carbocycles. The van der Waals surface area contributed by atoms with Gasteiger partial charge in [0.05, 0.1) is 12.1 Å². The molecular formula is C8H7N2. The van der Waals surface area contributed by atoms with Crippen LogP contribution in [0.1, 0.15) is 19.3 Å². The lowest BCUT2D eigenvalue weighted by molar-refractivity contribution is 0.357. The van der Waals surface area contributed by atoms with Crippen LogP contribution in [0, 0.1) is 34.2 Å². The highest BCUT2D eigenvalue weighted by molar-refractivity contribution is 5.14. The Balaban J connectivity index is 2.56. The molecule has 0 unspecified atom stereocenters. The van der Waals surface area contributed by atoms with Gasteiger partial charge in [-0.2, -0.15) is 10.5 Å². The topological polar surface area (TPSA) is 47.6 Å². The maximum atomic E-state index is 8.39. The molecule has 1 aliphatic rings. The van der Waals surface area contributed by atoms with Crippen molar-refractivity contribution in [3.05, 3.63) is 12.2 Å². The quantitative estimate of drug-likeness (QED) is 0.571. The highest BCUT2D eigenvalue weighted by Crippen LogP contribution is 2.38. The smallest absolute Gasteiger partial charge is 0.0631 e. The maximum Gasteiger partial charge on any atom is 0.0631 e. The van der Waals surface area contributed by atoms with E-state index in [1.54, 1.807) is 0 Å². The molecule has 0 aromatic heterocycles. The van der Waals surface area contributed by atoms with Crippen molar-refractivity contribution in [1.82, 2.24) is 0 Å². The molecule has 2 heteroatoms. The Labute approximate surface area is 60.4 Å². The number of hydrogen-bond donors (Lipinski definition) is 0. The molecule has 1 rings (SSSR count). The largest absolute Gasteiger partial charge is 0.198 e. The van der Waals surface area contributed by atoms with Crippen molar-refractivity contribution in [3.8, 4) is 12.1 Å². The molecule has 0 bridgehead atoms. The summed E-state index contributed by atoms with van der Waals surface area (Å²) in [6.07, 6.45) is 6.47. The van der Waals surface area contributed by atoms with Crippen LogP contribution in [-0.4, -0.2) is 0 Å². The number of rotatable bonds is 2. The summed E-state index contributed by atoms with van der Waals surface area (Å²) < 4.78 is 0. The zero-order valence-electron chi connectivity index (χ0n) is 5.59. The van der Waals surface area contributed by atoms with Gasteiger partial charge in [0.1, 0.15) is 0 Å². The fourth-order valence-electron chi connectivity index (χ4n) is 0.995. The van der Waals surface area contributed by atoms with Gasteiger partial charge in [0.2, 0.25) is 0 Å². The molecule has 0 saturated carbocycles. The van der Waals surface area contributed by atoms with Crippen LogP contribution >= 0.6 is 0 Å². The summed E-state index contributed by atoms with van der Waals surface area (Å²) in [5.41, 5.74) is -0.135. The molecule has 0 heterocycles. The molecule has 0 amide bonds. The third-order valence-electron chi connectivity index (χ3n) is 1.72. The van der Waals surface area contributed by atoms with E-state index in [0.717, 1.165) is 6.42 Å². The minimum atomic E-state index is -0.135. The van der Waals surface area contributed by atoms with Gasteiger partial charge in [0, 0.05) is 18.3 Å². The Bertz CT molecular complexity index is 211. The molecule has 0 atom stereocenters. The van der Waals surface area contributed by atoms with Crippen LogP contribution in [0.15, 0.2) is 6.08 Å². The molecule has 10 heavy (non-hydrogen) atoms. The van der Waals surface area contributed by atoms with E-state index in [-0.39, 0.29) is 5.41 Å². The van der Waals surface area contributed by atoms with E-state index < -0.39 is 0 Å². The van der Waals surface area contributed by atoms with E-state index in [2.05, 4.69) is 18.2 Å². The second kappa shape index (κ2) is 2.54. The molecule has 0 N–H and O–H groups in total. The second-order valence-electron chi connectivity index (χ2n) is 2.56. The summed E-state index contributed by atoms with van der Waals surface area (Å²) in [6, 6.07) is 4.15. The van der Waals surface area contributed by atoms with Gasteiger partial charge in [0.15, 0.2) is 0 Å². The normalized spacial score (nSPS) is 18.6. The minimum absolute atomic E-state index is 0.135. The first-order valence-electron chi connectivity index (χ1n) is 3.15. The van der Waals surface area contributed by atoms with Crippen LogP contribution in [0.3, 0.4) is 0 Å². The van der Waals surface area contributed by atoms with Crippen LogP contribution in [0.25, 0.3) is 0 Å². The van der Waals surface area contributed by atoms with Crippen molar-refractivity contribution < 1.29 is 0 Å². The lowest BCUT2D eigenvalue weighted by atomic mass is 9.72. The predicted molar refractivity (Wildman–Crippen MR) is 35.3 cm³/mol. The van der Waals surface area contributed by atoms with Gasteiger partial charge in [-0.25, -0.2) is 0 Å². The number of nitriles is 2. The van der Waals surface area contributed by atoms with E-state index in [1.807, 2.05) is 6.08 Å². The molecule has 2 nitrogen and oxygen atoms in total. The van der Waals surface area contributed by atoms with Crippen molar-refractivity contribution in [2.45, 2.75) is 19.3 Å². The first-order chi connectivity index (χ1) is 4.83. The molecule has 1 radical (unpaired) electrons. The molecule has 0 saturated heterocycles. The Morgan fingerprint density at radius 2 is 1.90 bits per heavy atom. The third-order valence-corrected chi connectivity index (χ3v) is 1.72. The molecule has 0 aliphatic heterocycles. The molecule has 0 aromatic rings. The average Bonchev–Trinajstić information content (AvgIpc) is 1.84. The molecule has 0 aromatic carbocycles. The highest BCUT2D eigenvalue weighted by atomic mass is 14.4. The SMILES string of the molecule is N#CCC1(CC#N)C=[C]C1. The first kappa shape index (κ1) is 6.83. The van der Waals surface area contributed by atoms with E-state index in [1.165, 1.54) is 0 Å². The van der Waals surface area contributed by atoms with Crippen molar-refractivity contribution >= 4 is 0 Å². The second-order valence-corrected chi connectivity index (χ2v) is 2.56. The lowest BCUT2D eigenvalue weighted by Gasteiger charge is -2.29. The van der Waals surface area contributed by atoms with Crippen LogP contribution in [0.2, 0.25) is 0 Å². The van der Waals surface area contributed by atoms with Crippen LogP contribution in [0.4, 0.5) is 0 Å². The van der Waals surface area contributed by atoms with Gasteiger partial charge in [-0.3, -0.25) is 0 Å². The Morgan fingerprint density at radius 1 is 1.40 bits per heavy atom. The number of hydrogen-bond acceptors (Lipinski definition) is 2. The Morgan fingerprint density at radius 3 is 2.10 bits per heavy atom. The fourth-order valence-corrected chi connectivity index (χ4v) is 0.995. The van der Waals surface area contributed by atoms with Crippen molar-refractivity contribution in [2.24, 2.45) is 5.41 Å². The Kier molecular flexibility index (Phi) is 1.73. The van der Waals surface area contributed by atoms with Crippen molar-refractivity contribution in [3.63, 3.8) is 0 Å². The van der Waals surface area contributed by atoms with Crippen LogP contribution < -0.4 is 0 Å². The fraction of sp³-hybridized carbons (Fsp3) is 0.500. The summed E-state index contributed by atoms with van der Waals surface area (Å²) in [7, 11) is 0. The van der Waals surface area contributed by atoms with Crippen LogP contribution in [0.5, 0.6) is 0 Å². The van der Waals surface area contributed by atoms with E-state index >= 15 is 0 Å². The summed E-state index contributed by atoms with van der Waals surface area (Å²) in [4.78, 5) is 0. The standard InChI is InChI=1S/C8H7N2/c9-6-4-8(5-7-10)2-1-3-8/h2H,3-5H2. The molecule has 0 spiro atoms. The van der Waals surface area contributed by atoms with Gasteiger partial charge >= 0.3 is 0 Å². The van der Waals surface area contributed by atoms with Crippen molar-refractivity contribution in [2.75, 3.05) is 0 Å². The first-order valence-corrected chi connectivity index (χ1v) is 3.15. The monoisotopic (exact) mass is 131 g/mol. The highest BCUT2D eigenvalue weighted by Gasteiger charge is 2.31. The van der Waals surface area contributed by atoms with Gasteiger partial charge < -0.3 is 0 Å². The molecular weight excluding hydrogens is 124 g/mol. The predicted octanol–water partition coefficient (Wildman–Crippen LogP) is 1.56. The van der Waals surface area contributed by atoms with E-state index in [4.69, 9.17) is 10.5 Å². The third kappa shape index (κ3) is 1.01. The minimum Gasteiger partial charge on any atom is -0.198 e. The van der Waals surface area contributed by atoms with Gasteiger partial charge in [0.25, 0.3) is 0 Å². The average molecular weight is 131 g/mol. The zero-order valence-corrected chi connectivity index (χ0v) is 5.59. The summed E-state index contributed by atoms with van der Waals surface area (Å²) in [6.45, 7) is 0. The van der Waals surface area contributed by atoms with Gasteiger partial charge in [-0.05, 0) is 12.5 Å². The van der Waals surface area contributed by atoms with E-state index in [9.17, 15) is 0 Å². The van der Waals surface area contributed by atoms with E-state index in [0.29, 0.717) is 12.8 Å². The van der Waals surface area contributed by atoms with Crippen molar-refractivity contribution in [1.29, 1.82) is 10.5 Å². The van der Waals surface area contributed by atoms with Gasteiger partial charge in [-0.15, -0.1) is 0 Å². The Hall–Kier alpha value is -1.28. The lowest BCUT2D eigenvalue weighted by Crippen LogP contribution is -2.22. The number of nitrogens with zero attached hydrogens (tertiary/aromatic N) is 2. The maximum absolute atomic E-state index is 8.39. The summed E-state index contributed by atoms with van der Waals surface area (Å²) in [5.74, 6) is 0. The number of allylic oxidation sites excluding steroid dienone is 2. The van der Waals surface area contributed by atoms with Crippen LogP contribution in [-0.2, 0) is 0 Å². The summed E-state index contributed by atoms with van der Waals surface area (Å²) >= 11 is 0. The molecule has 0 fully saturated rings. The summed E-state index contributed by atoms with van der Waals surface area (Å²) in [5, 5.41) is 16.8.